The molecule has 2 aromatic heterocycles. The zero-order chi connectivity index (χ0) is 20.0. The van der Waals surface area contributed by atoms with Gasteiger partial charge < -0.3 is 9.84 Å². The average Bonchev–Trinajstić information content (AvgIpc) is 2.71. The highest BCUT2D eigenvalue weighted by molar-refractivity contribution is 7.89. The van der Waals surface area contributed by atoms with Crippen molar-refractivity contribution >= 4 is 10.0 Å². The van der Waals surface area contributed by atoms with Crippen molar-refractivity contribution in [1.29, 1.82) is 0 Å². The Bertz CT molecular complexity index is 992. The minimum Gasteiger partial charge on any atom is -0.491 e. The van der Waals surface area contributed by atoms with Gasteiger partial charge in [0.15, 0.2) is 5.03 Å². The first-order valence-corrected chi connectivity index (χ1v) is 10.3. The van der Waals surface area contributed by atoms with E-state index in [1.807, 2.05) is 24.3 Å². The maximum atomic E-state index is 11.3. The molecule has 0 amide bonds. The fraction of sp³-hybridized carbons (Fsp3) is 0.200. The van der Waals surface area contributed by atoms with E-state index in [0.29, 0.717) is 12.2 Å². The third-order valence-electron chi connectivity index (χ3n) is 4.15. The monoisotopic (exact) mass is 399 g/mol. The molecule has 8 heteroatoms. The molecule has 0 fully saturated rings. The largest absolute Gasteiger partial charge is 0.491 e. The van der Waals surface area contributed by atoms with Gasteiger partial charge in [0.2, 0.25) is 0 Å². The molecule has 3 N–H and O–H groups in total. The molecule has 0 radical (unpaired) electrons. The van der Waals surface area contributed by atoms with Crippen molar-refractivity contribution < 1.29 is 18.3 Å². The van der Waals surface area contributed by atoms with Crippen LogP contribution in [0.1, 0.15) is 12.0 Å². The number of benzene rings is 1. The number of hydrogen-bond acceptors (Lipinski definition) is 6. The van der Waals surface area contributed by atoms with Gasteiger partial charge in [-0.3, -0.25) is 4.98 Å². The molecule has 1 unspecified atom stereocenters. The van der Waals surface area contributed by atoms with Crippen molar-refractivity contribution in [1.82, 2.24) is 9.97 Å². The van der Waals surface area contributed by atoms with Crippen molar-refractivity contribution in [3.63, 3.8) is 0 Å². The smallest absolute Gasteiger partial charge is 0.255 e. The highest BCUT2D eigenvalue weighted by atomic mass is 32.2. The van der Waals surface area contributed by atoms with E-state index in [-0.39, 0.29) is 11.6 Å². The molecule has 28 heavy (non-hydrogen) atoms. The average molecular weight is 399 g/mol. The van der Waals surface area contributed by atoms with Gasteiger partial charge in [-0.25, -0.2) is 18.5 Å². The van der Waals surface area contributed by atoms with E-state index >= 15 is 0 Å². The fourth-order valence-corrected chi connectivity index (χ4v) is 3.08. The first-order valence-electron chi connectivity index (χ1n) is 8.71. The Morgan fingerprint density at radius 1 is 1.04 bits per heavy atom. The Labute approximate surface area is 163 Å². The summed E-state index contributed by atoms with van der Waals surface area (Å²) in [7, 11) is -3.80. The van der Waals surface area contributed by atoms with Crippen LogP contribution in [0.2, 0.25) is 0 Å². The van der Waals surface area contributed by atoms with Crippen molar-refractivity contribution in [2.24, 2.45) is 5.14 Å². The molecule has 146 valence electrons. The molecule has 0 aliphatic carbocycles. The number of ether oxygens (including phenoxy) is 1. The van der Waals surface area contributed by atoms with E-state index < -0.39 is 16.1 Å². The normalized spacial score (nSPS) is 12.5. The lowest BCUT2D eigenvalue weighted by Crippen LogP contribution is -2.18. The van der Waals surface area contributed by atoms with E-state index in [4.69, 9.17) is 9.88 Å². The molecule has 3 rings (SSSR count). The minimum atomic E-state index is -3.80. The van der Waals surface area contributed by atoms with Gasteiger partial charge in [0, 0.05) is 24.2 Å². The molecule has 0 aliphatic rings. The predicted molar refractivity (Wildman–Crippen MR) is 105 cm³/mol. The molecule has 0 bridgehead atoms. The van der Waals surface area contributed by atoms with Gasteiger partial charge in [0.1, 0.15) is 12.4 Å². The Hall–Kier alpha value is -2.81. The van der Waals surface area contributed by atoms with Crippen molar-refractivity contribution in [2.75, 3.05) is 6.61 Å². The van der Waals surface area contributed by atoms with Crippen LogP contribution in [0.15, 0.2) is 72.1 Å². The van der Waals surface area contributed by atoms with Crippen LogP contribution in [0, 0.1) is 0 Å². The van der Waals surface area contributed by atoms with Gasteiger partial charge in [-0.05, 0) is 54.3 Å². The molecule has 0 saturated carbocycles. The number of rotatable bonds is 8. The van der Waals surface area contributed by atoms with Crippen LogP contribution in [0.4, 0.5) is 0 Å². The Morgan fingerprint density at radius 3 is 2.39 bits per heavy atom. The van der Waals surface area contributed by atoms with Gasteiger partial charge in [-0.1, -0.05) is 18.2 Å². The number of sulfonamides is 1. The molecule has 3 aromatic rings. The van der Waals surface area contributed by atoms with Gasteiger partial charge in [0.05, 0.1) is 6.10 Å². The lowest BCUT2D eigenvalue weighted by atomic mass is 10.1. The zero-order valence-electron chi connectivity index (χ0n) is 15.1. The third-order valence-corrected chi connectivity index (χ3v) is 4.97. The van der Waals surface area contributed by atoms with Crippen LogP contribution in [-0.4, -0.2) is 36.2 Å². The number of aliphatic hydroxyl groups excluding tert-OH is 1. The van der Waals surface area contributed by atoms with E-state index in [1.54, 1.807) is 30.6 Å². The summed E-state index contributed by atoms with van der Waals surface area (Å²) in [4.78, 5) is 7.92. The number of pyridine rings is 2. The predicted octanol–water partition coefficient (Wildman–Crippen LogP) is 2.16. The maximum absolute atomic E-state index is 11.3. The number of nitrogens with two attached hydrogens (primary N) is 1. The summed E-state index contributed by atoms with van der Waals surface area (Å²) in [5.74, 6) is 0.637. The highest BCUT2D eigenvalue weighted by Crippen LogP contribution is 2.22. The zero-order valence-corrected chi connectivity index (χ0v) is 15.9. The first-order chi connectivity index (χ1) is 13.4. The second-order valence-electron chi connectivity index (χ2n) is 6.32. The lowest BCUT2D eigenvalue weighted by molar-refractivity contribution is 0.100. The van der Waals surface area contributed by atoms with Gasteiger partial charge in [0.25, 0.3) is 10.0 Å². The number of nitrogens with zero attached hydrogens (tertiary/aromatic N) is 2. The first kappa shape index (κ1) is 19.9. The van der Waals surface area contributed by atoms with E-state index in [2.05, 4.69) is 9.97 Å². The van der Waals surface area contributed by atoms with Crippen molar-refractivity contribution in [3.05, 3.63) is 72.7 Å². The summed E-state index contributed by atoms with van der Waals surface area (Å²) < 4.78 is 28.1. The van der Waals surface area contributed by atoms with Crippen LogP contribution < -0.4 is 9.88 Å². The number of aryl methyl sites for hydroxylation is 1. The fourth-order valence-electron chi connectivity index (χ4n) is 2.62. The second kappa shape index (κ2) is 8.92. The molecule has 0 spiro atoms. The van der Waals surface area contributed by atoms with E-state index in [9.17, 15) is 13.5 Å². The van der Waals surface area contributed by atoms with E-state index in [1.165, 1.54) is 12.3 Å². The van der Waals surface area contributed by atoms with Gasteiger partial charge in [-0.2, -0.15) is 0 Å². The van der Waals surface area contributed by atoms with Crippen LogP contribution in [-0.2, 0) is 16.4 Å². The van der Waals surface area contributed by atoms with Crippen molar-refractivity contribution in [3.8, 4) is 16.9 Å². The number of aliphatic hydroxyl groups is 1. The van der Waals surface area contributed by atoms with E-state index in [0.717, 1.165) is 23.1 Å². The number of aromatic nitrogens is 2. The summed E-state index contributed by atoms with van der Waals surface area (Å²) in [6.07, 6.45) is 5.71. The molecule has 2 heterocycles. The Morgan fingerprint density at radius 2 is 1.79 bits per heavy atom. The summed E-state index contributed by atoms with van der Waals surface area (Å²) in [5, 5.41) is 15.0. The summed E-state index contributed by atoms with van der Waals surface area (Å²) in [6.45, 7) is 0.199. The second-order valence-corrected chi connectivity index (χ2v) is 7.83. The molecule has 1 atom stereocenters. The van der Waals surface area contributed by atoms with Crippen molar-refractivity contribution in [2.45, 2.75) is 24.0 Å². The minimum absolute atomic E-state index is 0.170. The molecule has 1 aromatic carbocycles. The SMILES string of the molecule is NS(=O)(=O)c1ccc(-c2ccc(OCC(O)CCc3cccnc3)cc2)cn1. The quantitative estimate of drug-likeness (QED) is 0.600. The Balaban J connectivity index is 1.53. The maximum Gasteiger partial charge on any atom is 0.255 e. The number of hydrogen-bond donors (Lipinski definition) is 2. The van der Waals surface area contributed by atoms with Gasteiger partial charge in [-0.15, -0.1) is 0 Å². The van der Waals surface area contributed by atoms with Gasteiger partial charge >= 0.3 is 0 Å². The van der Waals surface area contributed by atoms with Crippen LogP contribution in [0.5, 0.6) is 5.75 Å². The van der Waals surface area contributed by atoms with Crippen LogP contribution in [0.3, 0.4) is 0 Å². The molecule has 0 saturated heterocycles. The third kappa shape index (κ3) is 5.59. The number of primary sulfonamides is 1. The Kier molecular flexibility index (Phi) is 6.35. The summed E-state index contributed by atoms with van der Waals surface area (Å²) in [6, 6.07) is 14.1. The summed E-state index contributed by atoms with van der Waals surface area (Å²) in [5.41, 5.74) is 2.70. The summed E-state index contributed by atoms with van der Waals surface area (Å²) >= 11 is 0. The lowest BCUT2D eigenvalue weighted by Gasteiger charge is -2.12. The molecule has 0 aliphatic heterocycles. The topological polar surface area (TPSA) is 115 Å². The van der Waals surface area contributed by atoms with Crippen LogP contribution >= 0.6 is 0 Å². The van der Waals surface area contributed by atoms with Crippen LogP contribution in [0.25, 0.3) is 11.1 Å². The highest BCUT2D eigenvalue weighted by Gasteiger charge is 2.10. The molecular weight excluding hydrogens is 378 g/mol. The molecular formula is C20H21N3O4S. The standard InChI is InChI=1S/C20H21N3O4S/c21-28(25,26)20-10-6-17(13-23-20)16-4-8-19(9-5-16)27-14-18(24)7-3-15-2-1-11-22-12-15/h1-2,4-6,8-13,18,24H,3,7,14H2,(H2,21,25,26). The molecule has 7 nitrogen and oxygen atoms in total.